The topological polar surface area (TPSA) is 49.3 Å². The summed E-state index contributed by atoms with van der Waals surface area (Å²) < 4.78 is 0. The van der Waals surface area contributed by atoms with E-state index in [1.54, 1.807) is 0 Å². The lowest BCUT2D eigenvalue weighted by Gasteiger charge is -2.10. The van der Waals surface area contributed by atoms with Crippen LogP contribution < -0.4 is 5.32 Å². The highest BCUT2D eigenvalue weighted by atomic mass is 16.4. The van der Waals surface area contributed by atoms with E-state index in [1.807, 2.05) is 6.92 Å². The number of unbranched alkanes of at least 4 members (excludes halogenated alkanes) is 3. The second-order valence-electron chi connectivity index (χ2n) is 3.51. The molecule has 13 heavy (non-hydrogen) atoms. The van der Waals surface area contributed by atoms with E-state index in [2.05, 4.69) is 12.2 Å². The summed E-state index contributed by atoms with van der Waals surface area (Å²) in [5, 5.41) is 11.7. The van der Waals surface area contributed by atoms with E-state index in [1.165, 1.54) is 19.3 Å². The van der Waals surface area contributed by atoms with Gasteiger partial charge in [0.1, 0.15) is 0 Å². The molecule has 0 aliphatic carbocycles. The van der Waals surface area contributed by atoms with Gasteiger partial charge in [0, 0.05) is 6.04 Å². The lowest BCUT2D eigenvalue weighted by molar-refractivity contribution is -0.137. The number of hydrogen-bond donors (Lipinski definition) is 2. The number of carboxylic acids is 1. The summed E-state index contributed by atoms with van der Waals surface area (Å²) in [6, 6.07) is 0.0964. The van der Waals surface area contributed by atoms with E-state index in [-0.39, 0.29) is 12.5 Å². The van der Waals surface area contributed by atoms with Crippen LogP contribution in [0.5, 0.6) is 0 Å². The van der Waals surface area contributed by atoms with Gasteiger partial charge in [0.25, 0.3) is 0 Å². The van der Waals surface area contributed by atoms with E-state index in [4.69, 9.17) is 5.11 Å². The van der Waals surface area contributed by atoms with Gasteiger partial charge in [-0.25, -0.2) is 0 Å². The zero-order valence-corrected chi connectivity index (χ0v) is 8.68. The normalized spacial score (nSPS) is 12.8. The van der Waals surface area contributed by atoms with Gasteiger partial charge < -0.3 is 10.4 Å². The van der Waals surface area contributed by atoms with Gasteiger partial charge in [-0.3, -0.25) is 4.79 Å². The molecule has 78 valence electrons. The fraction of sp³-hybridized carbons (Fsp3) is 0.900. The maximum absolute atomic E-state index is 10.3. The minimum absolute atomic E-state index is 0.0964. The molecule has 2 N–H and O–H groups in total. The van der Waals surface area contributed by atoms with Crippen molar-refractivity contribution in [3.05, 3.63) is 0 Å². The lowest BCUT2D eigenvalue weighted by Crippen LogP contribution is -2.29. The highest BCUT2D eigenvalue weighted by Gasteiger charge is 2.05. The van der Waals surface area contributed by atoms with Crippen LogP contribution in [0.2, 0.25) is 0 Å². The van der Waals surface area contributed by atoms with Crippen molar-refractivity contribution >= 4 is 5.97 Å². The molecular weight excluding hydrogens is 166 g/mol. The summed E-state index contributed by atoms with van der Waals surface area (Å²) in [6.07, 6.45) is 5.12. The molecule has 0 saturated carbocycles. The quantitative estimate of drug-likeness (QED) is 0.571. The monoisotopic (exact) mass is 187 g/mol. The standard InChI is InChI=1S/C10H21NO2/c1-3-4-5-6-7-11-9(2)8-10(12)13/h9,11H,3-8H2,1-2H3,(H,12,13)/t9-/m1/s1. The van der Waals surface area contributed by atoms with Crippen molar-refractivity contribution < 1.29 is 9.90 Å². The van der Waals surface area contributed by atoms with Gasteiger partial charge in [-0.05, 0) is 19.9 Å². The fourth-order valence-corrected chi connectivity index (χ4v) is 1.23. The van der Waals surface area contributed by atoms with Crippen molar-refractivity contribution in [3.63, 3.8) is 0 Å². The van der Waals surface area contributed by atoms with Crippen LogP contribution in [-0.4, -0.2) is 23.7 Å². The van der Waals surface area contributed by atoms with Crippen LogP contribution in [-0.2, 0) is 4.79 Å². The van der Waals surface area contributed by atoms with Gasteiger partial charge in [0.2, 0.25) is 0 Å². The molecule has 0 aliphatic heterocycles. The first-order valence-corrected chi connectivity index (χ1v) is 5.12. The van der Waals surface area contributed by atoms with E-state index in [0.717, 1.165) is 13.0 Å². The number of carbonyl (C=O) groups is 1. The molecule has 0 aromatic heterocycles. The predicted molar refractivity (Wildman–Crippen MR) is 53.9 cm³/mol. The van der Waals surface area contributed by atoms with E-state index in [0.29, 0.717) is 0 Å². The van der Waals surface area contributed by atoms with Crippen LogP contribution in [0.3, 0.4) is 0 Å². The molecule has 3 heteroatoms. The van der Waals surface area contributed by atoms with Gasteiger partial charge in [-0.1, -0.05) is 26.2 Å². The Kier molecular flexibility index (Phi) is 7.69. The van der Waals surface area contributed by atoms with Crippen LogP contribution >= 0.6 is 0 Å². The van der Waals surface area contributed by atoms with Crippen LogP contribution in [0.1, 0.15) is 46.0 Å². The highest BCUT2D eigenvalue weighted by molar-refractivity contribution is 5.67. The third-order valence-corrected chi connectivity index (χ3v) is 2.00. The van der Waals surface area contributed by atoms with Crippen LogP contribution in [0.15, 0.2) is 0 Å². The summed E-state index contributed by atoms with van der Waals surface area (Å²) in [7, 11) is 0. The molecule has 0 bridgehead atoms. The second kappa shape index (κ2) is 8.05. The maximum atomic E-state index is 10.3. The third kappa shape index (κ3) is 9.34. The van der Waals surface area contributed by atoms with Crippen molar-refractivity contribution in [2.45, 2.75) is 52.0 Å². The zero-order chi connectivity index (χ0) is 10.1. The largest absolute Gasteiger partial charge is 0.481 e. The second-order valence-corrected chi connectivity index (χ2v) is 3.51. The average Bonchev–Trinajstić information content (AvgIpc) is 2.02. The molecule has 0 fully saturated rings. The van der Waals surface area contributed by atoms with E-state index >= 15 is 0 Å². The Bertz CT molecular complexity index is 137. The van der Waals surface area contributed by atoms with Crippen molar-refractivity contribution in [1.29, 1.82) is 0 Å². The van der Waals surface area contributed by atoms with Gasteiger partial charge >= 0.3 is 5.97 Å². The molecule has 0 aromatic rings. The molecule has 0 saturated heterocycles. The minimum atomic E-state index is -0.728. The SMILES string of the molecule is CCCCCCN[C@H](C)CC(=O)O. The summed E-state index contributed by atoms with van der Waals surface area (Å²) in [5.74, 6) is -0.728. The maximum Gasteiger partial charge on any atom is 0.304 e. The summed E-state index contributed by atoms with van der Waals surface area (Å²) in [6.45, 7) is 5.03. The van der Waals surface area contributed by atoms with Gasteiger partial charge in [0.15, 0.2) is 0 Å². The first-order chi connectivity index (χ1) is 6.16. The zero-order valence-electron chi connectivity index (χ0n) is 8.68. The van der Waals surface area contributed by atoms with Gasteiger partial charge in [0.05, 0.1) is 6.42 Å². The molecule has 0 unspecified atom stereocenters. The number of aliphatic carboxylic acids is 1. The molecule has 1 atom stereocenters. The van der Waals surface area contributed by atoms with E-state index in [9.17, 15) is 4.79 Å². The number of nitrogens with one attached hydrogen (secondary N) is 1. The Morgan fingerprint density at radius 3 is 2.62 bits per heavy atom. The van der Waals surface area contributed by atoms with Crippen molar-refractivity contribution in [1.82, 2.24) is 5.32 Å². The summed E-state index contributed by atoms with van der Waals surface area (Å²) in [4.78, 5) is 10.3. The highest BCUT2D eigenvalue weighted by Crippen LogP contribution is 1.98. The Hall–Kier alpha value is -0.570. The molecule has 0 amide bonds. The number of rotatable bonds is 8. The van der Waals surface area contributed by atoms with Gasteiger partial charge in [-0.2, -0.15) is 0 Å². The lowest BCUT2D eigenvalue weighted by atomic mass is 10.2. The van der Waals surface area contributed by atoms with Crippen molar-refractivity contribution in [3.8, 4) is 0 Å². The third-order valence-electron chi connectivity index (χ3n) is 2.00. The Morgan fingerprint density at radius 2 is 2.08 bits per heavy atom. The van der Waals surface area contributed by atoms with E-state index < -0.39 is 5.97 Å². The fourth-order valence-electron chi connectivity index (χ4n) is 1.23. The smallest absolute Gasteiger partial charge is 0.304 e. The summed E-state index contributed by atoms with van der Waals surface area (Å²) >= 11 is 0. The Labute approximate surface area is 80.5 Å². The Balaban J connectivity index is 3.17. The van der Waals surface area contributed by atoms with Gasteiger partial charge in [-0.15, -0.1) is 0 Å². The molecule has 0 radical (unpaired) electrons. The van der Waals surface area contributed by atoms with Crippen LogP contribution in [0.4, 0.5) is 0 Å². The molecule has 0 aromatic carbocycles. The minimum Gasteiger partial charge on any atom is -0.481 e. The molecule has 0 aliphatic rings. The van der Waals surface area contributed by atoms with Crippen molar-refractivity contribution in [2.75, 3.05) is 6.54 Å². The molecule has 0 spiro atoms. The van der Waals surface area contributed by atoms with Crippen molar-refractivity contribution in [2.24, 2.45) is 0 Å². The first kappa shape index (κ1) is 12.4. The van der Waals surface area contributed by atoms with Crippen LogP contribution in [0, 0.1) is 0 Å². The molecular formula is C10H21NO2. The predicted octanol–water partition coefficient (Wildman–Crippen LogP) is 2.02. The average molecular weight is 187 g/mol. The Morgan fingerprint density at radius 1 is 1.38 bits per heavy atom. The van der Waals surface area contributed by atoms with Crippen LogP contribution in [0.25, 0.3) is 0 Å². The molecule has 3 nitrogen and oxygen atoms in total. The molecule has 0 heterocycles. The summed E-state index contributed by atoms with van der Waals surface area (Å²) in [5.41, 5.74) is 0. The number of carboxylic acid groups (broad SMARTS) is 1. The molecule has 0 rings (SSSR count). The first-order valence-electron chi connectivity index (χ1n) is 5.12. The number of hydrogen-bond acceptors (Lipinski definition) is 2.